The predicted octanol–water partition coefficient (Wildman–Crippen LogP) is 3.27. The van der Waals surface area contributed by atoms with E-state index < -0.39 is 10.9 Å². The molecule has 0 amide bonds. The number of carbonyl (C=O) groups excluding carboxylic acids is 1. The molecule has 1 aliphatic rings. The molecule has 6 heteroatoms. The van der Waals surface area contributed by atoms with Gasteiger partial charge in [0.2, 0.25) is 0 Å². The topological polar surface area (TPSA) is 78.7 Å². The molecule has 6 nitrogen and oxygen atoms in total. The predicted molar refractivity (Wildman–Crippen MR) is 79.4 cm³/mol. The molecule has 0 unspecified atom stereocenters. The number of nitro benzene ring substituents is 1. The Kier molecular flexibility index (Phi) is 3.34. The van der Waals surface area contributed by atoms with Crippen LogP contribution in [0.3, 0.4) is 0 Å². The molecule has 2 aromatic rings. The van der Waals surface area contributed by atoms with Crippen molar-refractivity contribution in [2.45, 2.75) is 0 Å². The third kappa shape index (κ3) is 2.31. The average molecular weight is 297 g/mol. The van der Waals surface area contributed by atoms with Crippen molar-refractivity contribution in [2.24, 2.45) is 0 Å². The van der Waals surface area contributed by atoms with Gasteiger partial charge in [0.1, 0.15) is 5.76 Å². The van der Waals surface area contributed by atoms with Crippen LogP contribution in [0.5, 0.6) is 5.75 Å². The Morgan fingerprint density at radius 1 is 1.18 bits per heavy atom. The van der Waals surface area contributed by atoms with Crippen molar-refractivity contribution in [1.82, 2.24) is 0 Å². The van der Waals surface area contributed by atoms with Gasteiger partial charge in [0.25, 0.3) is 0 Å². The molecule has 0 spiro atoms. The van der Waals surface area contributed by atoms with Crippen molar-refractivity contribution in [3.05, 3.63) is 69.3 Å². The van der Waals surface area contributed by atoms with Crippen molar-refractivity contribution in [2.75, 3.05) is 7.11 Å². The van der Waals surface area contributed by atoms with Crippen molar-refractivity contribution in [3.63, 3.8) is 0 Å². The number of carbonyl (C=O) groups is 1. The molecule has 0 aliphatic carbocycles. The zero-order valence-corrected chi connectivity index (χ0v) is 11.6. The number of nitrogens with zero attached hydrogens (tertiary/aromatic N) is 1. The van der Waals surface area contributed by atoms with Gasteiger partial charge in [-0.05, 0) is 23.8 Å². The highest BCUT2D eigenvalue weighted by atomic mass is 16.6. The van der Waals surface area contributed by atoms with E-state index in [0.717, 1.165) is 0 Å². The van der Waals surface area contributed by atoms with E-state index in [1.807, 2.05) is 0 Å². The van der Waals surface area contributed by atoms with E-state index >= 15 is 0 Å². The maximum absolute atomic E-state index is 11.8. The molecular formula is C16H11NO5. The summed E-state index contributed by atoms with van der Waals surface area (Å²) in [5, 5.41) is 11.0. The summed E-state index contributed by atoms with van der Waals surface area (Å²) in [4.78, 5) is 22.3. The average Bonchev–Trinajstić information content (AvgIpc) is 2.84. The van der Waals surface area contributed by atoms with Crippen LogP contribution in [-0.4, -0.2) is 18.0 Å². The molecule has 0 N–H and O–H groups in total. The number of hydrogen-bond donors (Lipinski definition) is 0. The maximum Gasteiger partial charge on any atom is 0.344 e. The summed E-state index contributed by atoms with van der Waals surface area (Å²) in [7, 11) is 1.37. The van der Waals surface area contributed by atoms with Gasteiger partial charge in [0, 0.05) is 11.6 Å². The van der Waals surface area contributed by atoms with Gasteiger partial charge in [-0.15, -0.1) is 0 Å². The van der Waals surface area contributed by atoms with Gasteiger partial charge in [-0.25, -0.2) is 4.79 Å². The van der Waals surface area contributed by atoms with Gasteiger partial charge in [-0.1, -0.05) is 24.3 Å². The van der Waals surface area contributed by atoms with Crippen molar-refractivity contribution >= 4 is 23.5 Å². The molecule has 0 saturated heterocycles. The number of methoxy groups -OCH3 is 1. The van der Waals surface area contributed by atoms with E-state index in [4.69, 9.17) is 9.47 Å². The highest BCUT2D eigenvalue weighted by Gasteiger charge is 2.26. The molecule has 0 atom stereocenters. The van der Waals surface area contributed by atoms with Crippen LogP contribution >= 0.6 is 0 Å². The Bertz CT molecular complexity index is 810. The number of benzene rings is 2. The van der Waals surface area contributed by atoms with Gasteiger partial charge < -0.3 is 9.47 Å². The lowest BCUT2D eigenvalue weighted by atomic mass is 10.1. The molecule has 0 saturated carbocycles. The van der Waals surface area contributed by atoms with E-state index in [2.05, 4.69) is 0 Å². The normalized spacial score (nSPS) is 14.6. The fourth-order valence-corrected chi connectivity index (χ4v) is 2.28. The van der Waals surface area contributed by atoms with E-state index in [1.165, 1.54) is 19.2 Å². The number of esters is 1. The van der Waals surface area contributed by atoms with E-state index in [9.17, 15) is 14.9 Å². The van der Waals surface area contributed by atoms with Crippen LogP contribution in [0.1, 0.15) is 21.5 Å². The molecule has 0 fully saturated rings. The second-order valence-electron chi connectivity index (χ2n) is 4.63. The lowest BCUT2D eigenvalue weighted by molar-refractivity contribution is -0.385. The Morgan fingerprint density at radius 3 is 2.59 bits per heavy atom. The molecule has 0 radical (unpaired) electrons. The Morgan fingerprint density at radius 2 is 1.91 bits per heavy atom. The minimum Gasteiger partial charge on any atom is -0.490 e. The summed E-state index contributed by atoms with van der Waals surface area (Å²) in [5.74, 6) is 0.126. The van der Waals surface area contributed by atoms with Gasteiger partial charge in [-0.3, -0.25) is 10.1 Å². The SMILES string of the molecule is COc1ccc(/C=C2\OC(=O)c3ccccc32)cc1[N+](=O)[O-]. The number of hydrogen-bond acceptors (Lipinski definition) is 5. The monoisotopic (exact) mass is 297 g/mol. The minimum atomic E-state index is -0.518. The van der Waals surface area contributed by atoms with Gasteiger partial charge in [0.15, 0.2) is 5.75 Å². The Labute approximate surface area is 125 Å². The highest BCUT2D eigenvalue weighted by Crippen LogP contribution is 2.33. The molecule has 2 aromatic carbocycles. The van der Waals surface area contributed by atoms with Crippen LogP contribution < -0.4 is 4.74 Å². The molecule has 1 heterocycles. The Hall–Kier alpha value is -3.15. The zero-order valence-electron chi connectivity index (χ0n) is 11.6. The fraction of sp³-hybridized carbons (Fsp3) is 0.0625. The maximum atomic E-state index is 11.8. The zero-order chi connectivity index (χ0) is 15.7. The first kappa shape index (κ1) is 13.8. The summed E-state index contributed by atoms with van der Waals surface area (Å²) in [5.41, 5.74) is 1.56. The van der Waals surface area contributed by atoms with Crippen LogP contribution in [0.2, 0.25) is 0 Å². The summed E-state index contributed by atoms with van der Waals surface area (Å²) < 4.78 is 10.2. The molecule has 22 heavy (non-hydrogen) atoms. The van der Waals surface area contributed by atoms with Crippen molar-refractivity contribution in [3.8, 4) is 5.75 Å². The summed E-state index contributed by atoms with van der Waals surface area (Å²) >= 11 is 0. The fourth-order valence-electron chi connectivity index (χ4n) is 2.28. The number of ether oxygens (including phenoxy) is 2. The van der Waals surface area contributed by atoms with Crippen molar-refractivity contribution < 1.29 is 19.2 Å². The first-order valence-corrected chi connectivity index (χ1v) is 6.46. The summed E-state index contributed by atoms with van der Waals surface area (Å²) in [6.07, 6.45) is 1.59. The quantitative estimate of drug-likeness (QED) is 0.493. The molecule has 110 valence electrons. The Balaban J connectivity index is 2.05. The first-order valence-electron chi connectivity index (χ1n) is 6.46. The van der Waals surface area contributed by atoms with Crippen molar-refractivity contribution in [1.29, 1.82) is 0 Å². The second-order valence-corrected chi connectivity index (χ2v) is 4.63. The standard InChI is InChI=1S/C16H11NO5/c1-21-14-7-6-10(8-13(14)17(19)20)9-15-11-4-2-3-5-12(11)16(18)22-15/h2-9H,1H3/b15-9-. The van der Waals surface area contributed by atoms with Crippen LogP contribution in [0.4, 0.5) is 5.69 Å². The van der Waals surface area contributed by atoms with E-state index in [1.54, 1.807) is 36.4 Å². The second kappa shape index (κ2) is 5.33. The van der Waals surface area contributed by atoms with E-state index in [0.29, 0.717) is 22.4 Å². The van der Waals surface area contributed by atoms with Crippen LogP contribution in [-0.2, 0) is 4.74 Å². The molecule has 1 aliphatic heterocycles. The molecular weight excluding hydrogens is 286 g/mol. The van der Waals surface area contributed by atoms with Gasteiger partial charge in [0.05, 0.1) is 17.6 Å². The van der Waals surface area contributed by atoms with Gasteiger partial charge in [-0.2, -0.15) is 0 Å². The molecule has 0 bridgehead atoms. The number of nitro groups is 1. The van der Waals surface area contributed by atoms with Crippen LogP contribution in [0.25, 0.3) is 11.8 Å². The third-order valence-electron chi connectivity index (χ3n) is 3.31. The number of fused-ring (bicyclic) bond motifs is 1. The first-order chi connectivity index (χ1) is 10.6. The van der Waals surface area contributed by atoms with Crippen LogP contribution in [0.15, 0.2) is 42.5 Å². The highest BCUT2D eigenvalue weighted by molar-refractivity contribution is 6.05. The lowest BCUT2D eigenvalue weighted by Gasteiger charge is -2.03. The number of rotatable bonds is 3. The third-order valence-corrected chi connectivity index (χ3v) is 3.31. The minimum absolute atomic E-state index is 0.144. The smallest absolute Gasteiger partial charge is 0.344 e. The molecule has 0 aromatic heterocycles. The van der Waals surface area contributed by atoms with Crippen LogP contribution in [0, 0.1) is 10.1 Å². The summed E-state index contributed by atoms with van der Waals surface area (Å²) in [6.45, 7) is 0. The molecule has 3 rings (SSSR count). The lowest BCUT2D eigenvalue weighted by Crippen LogP contribution is -1.94. The summed E-state index contributed by atoms with van der Waals surface area (Å²) in [6, 6.07) is 11.5. The van der Waals surface area contributed by atoms with E-state index in [-0.39, 0.29) is 11.4 Å². The number of cyclic esters (lactones) is 1. The van der Waals surface area contributed by atoms with Gasteiger partial charge >= 0.3 is 11.7 Å². The largest absolute Gasteiger partial charge is 0.490 e.